The molecule has 1 saturated heterocycles. The number of benzene rings is 2. The van der Waals surface area contributed by atoms with Crippen LogP contribution in [0.1, 0.15) is 49.9 Å². The van der Waals surface area contributed by atoms with Gasteiger partial charge in [0.05, 0.1) is 38.5 Å². The van der Waals surface area contributed by atoms with Gasteiger partial charge >= 0.3 is 0 Å². The molecule has 3 rings (SSSR count). The van der Waals surface area contributed by atoms with Gasteiger partial charge in [0.15, 0.2) is 11.5 Å². The van der Waals surface area contributed by atoms with Crippen LogP contribution in [-0.2, 0) is 14.3 Å². The lowest BCUT2D eigenvalue weighted by Gasteiger charge is -2.26. The molecule has 1 amide bonds. The van der Waals surface area contributed by atoms with Crippen molar-refractivity contribution in [3.8, 4) is 17.2 Å². The summed E-state index contributed by atoms with van der Waals surface area (Å²) in [5.41, 5.74) is 1.90. The predicted octanol–water partition coefficient (Wildman–Crippen LogP) is 4.65. The number of amides is 1. The zero-order valence-corrected chi connectivity index (χ0v) is 21.8. The van der Waals surface area contributed by atoms with Gasteiger partial charge in [-0.3, -0.25) is 9.59 Å². The molecule has 194 valence electrons. The van der Waals surface area contributed by atoms with Gasteiger partial charge in [-0.25, -0.2) is 0 Å². The minimum atomic E-state index is -0.796. The van der Waals surface area contributed by atoms with Gasteiger partial charge in [-0.15, -0.1) is 0 Å². The molecule has 0 spiro atoms. The zero-order valence-electron chi connectivity index (χ0n) is 21.8. The highest BCUT2D eigenvalue weighted by Crippen LogP contribution is 2.42. The molecule has 0 aliphatic carbocycles. The molecule has 1 heterocycles. The fraction of sp³-hybridized carbons (Fsp3) is 0.429. The van der Waals surface area contributed by atoms with E-state index in [1.165, 1.54) is 19.1 Å². The van der Waals surface area contributed by atoms with Gasteiger partial charge in [-0.05, 0) is 75.6 Å². The van der Waals surface area contributed by atoms with Crippen LogP contribution in [0.3, 0.4) is 0 Å². The summed E-state index contributed by atoms with van der Waals surface area (Å²) < 4.78 is 22.0. The zero-order chi connectivity index (χ0) is 26.4. The van der Waals surface area contributed by atoms with E-state index < -0.39 is 17.7 Å². The molecule has 2 aromatic rings. The van der Waals surface area contributed by atoms with Crippen LogP contribution in [0.4, 0.5) is 0 Å². The van der Waals surface area contributed by atoms with Crippen LogP contribution >= 0.6 is 0 Å². The highest BCUT2D eigenvalue weighted by atomic mass is 16.5. The van der Waals surface area contributed by atoms with Crippen LogP contribution in [-0.4, -0.2) is 61.8 Å². The summed E-state index contributed by atoms with van der Waals surface area (Å²) in [6.45, 7) is 8.87. The minimum absolute atomic E-state index is 0.0283. The molecule has 36 heavy (non-hydrogen) atoms. The summed E-state index contributed by atoms with van der Waals surface area (Å²) in [6.07, 6.45) is 0.599. The third kappa shape index (κ3) is 5.65. The second kappa shape index (κ2) is 11.9. The van der Waals surface area contributed by atoms with Crippen LogP contribution in [0.5, 0.6) is 17.2 Å². The lowest BCUT2D eigenvalue weighted by atomic mass is 9.94. The number of aliphatic hydroxyl groups excluding tert-OH is 1. The molecular weight excluding hydrogens is 462 g/mol. The van der Waals surface area contributed by atoms with Crippen molar-refractivity contribution in [2.24, 2.45) is 0 Å². The Morgan fingerprint density at radius 1 is 1.03 bits per heavy atom. The number of Topliss-reactive ketones (excluding diaryl/α,β-unsaturated/α-hetero) is 1. The van der Waals surface area contributed by atoms with E-state index in [0.29, 0.717) is 48.0 Å². The van der Waals surface area contributed by atoms with Gasteiger partial charge in [0.1, 0.15) is 11.5 Å². The maximum Gasteiger partial charge on any atom is 0.295 e. The third-order valence-corrected chi connectivity index (χ3v) is 6.01. The largest absolute Gasteiger partial charge is 0.507 e. The van der Waals surface area contributed by atoms with E-state index in [2.05, 4.69) is 0 Å². The molecule has 0 radical (unpaired) electrons. The van der Waals surface area contributed by atoms with Crippen molar-refractivity contribution in [1.82, 2.24) is 4.90 Å². The summed E-state index contributed by atoms with van der Waals surface area (Å²) >= 11 is 0. The average molecular weight is 498 g/mol. The maximum atomic E-state index is 13.3. The monoisotopic (exact) mass is 497 g/mol. The lowest BCUT2D eigenvalue weighted by molar-refractivity contribution is -0.140. The van der Waals surface area contributed by atoms with Crippen LogP contribution < -0.4 is 14.2 Å². The highest BCUT2D eigenvalue weighted by Gasteiger charge is 2.46. The van der Waals surface area contributed by atoms with Crippen molar-refractivity contribution in [2.75, 3.05) is 34.0 Å². The van der Waals surface area contributed by atoms with E-state index in [0.717, 1.165) is 5.56 Å². The number of aryl methyl sites for hydroxylation is 1. The van der Waals surface area contributed by atoms with E-state index in [1.54, 1.807) is 36.4 Å². The van der Waals surface area contributed by atoms with Gasteiger partial charge in [0.2, 0.25) is 0 Å². The second-order valence-electron chi connectivity index (χ2n) is 8.79. The van der Waals surface area contributed by atoms with E-state index in [4.69, 9.17) is 18.9 Å². The number of hydrogen-bond acceptors (Lipinski definition) is 7. The third-order valence-electron chi connectivity index (χ3n) is 6.01. The van der Waals surface area contributed by atoms with Crippen molar-refractivity contribution < 1.29 is 33.6 Å². The Bertz CT molecular complexity index is 1140. The quantitative estimate of drug-likeness (QED) is 0.209. The van der Waals surface area contributed by atoms with Gasteiger partial charge in [-0.1, -0.05) is 6.07 Å². The standard InChI is InChI=1S/C28H35NO7/c1-7-35-21-11-10-20(15-18(21)4)26(30)24-25(19-9-12-22(33-5)23(16-19)34-6)29(28(32)27(24)31)13-8-14-36-17(2)3/h9-12,15-17,25,30H,7-8,13-14H2,1-6H3/b26-24-. The molecule has 1 aliphatic heterocycles. The van der Waals surface area contributed by atoms with Gasteiger partial charge in [0.25, 0.3) is 11.7 Å². The van der Waals surface area contributed by atoms with Crippen LogP contribution in [0.2, 0.25) is 0 Å². The number of ether oxygens (including phenoxy) is 4. The molecule has 0 saturated carbocycles. The van der Waals surface area contributed by atoms with Crippen LogP contribution in [0, 0.1) is 6.92 Å². The molecule has 2 aromatic carbocycles. The smallest absolute Gasteiger partial charge is 0.295 e. The van der Waals surface area contributed by atoms with Gasteiger partial charge in [0, 0.05) is 18.7 Å². The average Bonchev–Trinajstić information content (AvgIpc) is 3.11. The topological polar surface area (TPSA) is 94.5 Å². The minimum Gasteiger partial charge on any atom is -0.507 e. The van der Waals surface area contributed by atoms with E-state index in [9.17, 15) is 14.7 Å². The molecule has 1 N–H and O–H groups in total. The van der Waals surface area contributed by atoms with Gasteiger partial charge < -0.3 is 29.0 Å². The fourth-order valence-corrected chi connectivity index (χ4v) is 4.30. The molecule has 8 heteroatoms. The van der Waals surface area contributed by atoms with Crippen molar-refractivity contribution in [1.29, 1.82) is 0 Å². The summed E-state index contributed by atoms with van der Waals surface area (Å²) in [4.78, 5) is 27.9. The SMILES string of the molecule is CCOc1ccc(/C(O)=C2/C(=O)C(=O)N(CCCOC(C)C)C2c2ccc(OC)c(OC)c2)cc1C. The first-order chi connectivity index (χ1) is 17.2. The Morgan fingerprint density at radius 3 is 2.33 bits per heavy atom. The van der Waals surface area contributed by atoms with E-state index in [-0.39, 0.29) is 24.0 Å². The fourth-order valence-electron chi connectivity index (χ4n) is 4.30. The summed E-state index contributed by atoms with van der Waals surface area (Å²) in [5.74, 6) is 0.0368. The molecule has 8 nitrogen and oxygen atoms in total. The number of rotatable bonds is 11. The van der Waals surface area contributed by atoms with Crippen molar-refractivity contribution >= 4 is 17.4 Å². The first kappa shape index (κ1) is 27.1. The Hall–Kier alpha value is -3.52. The first-order valence-corrected chi connectivity index (χ1v) is 12.1. The Morgan fingerprint density at radius 2 is 1.72 bits per heavy atom. The Balaban J connectivity index is 2.10. The van der Waals surface area contributed by atoms with Crippen molar-refractivity contribution in [3.63, 3.8) is 0 Å². The molecular formula is C28H35NO7. The molecule has 1 fully saturated rings. The summed E-state index contributed by atoms with van der Waals surface area (Å²) in [7, 11) is 3.05. The number of ketones is 1. The van der Waals surface area contributed by atoms with Crippen LogP contribution in [0.25, 0.3) is 5.76 Å². The Labute approximate surface area is 212 Å². The predicted molar refractivity (Wildman–Crippen MR) is 137 cm³/mol. The molecule has 1 unspecified atom stereocenters. The number of carbonyl (C=O) groups excluding carboxylic acids is 2. The lowest BCUT2D eigenvalue weighted by Crippen LogP contribution is -2.31. The second-order valence-corrected chi connectivity index (χ2v) is 8.79. The number of methoxy groups -OCH3 is 2. The molecule has 0 aromatic heterocycles. The highest BCUT2D eigenvalue weighted by molar-refractivity contribution is 6.46. The molecule has 1 aliphatic rings. The van der Waals surface area contributed by atoms with Crippen LogP contribution in [0.15, 0.2) is 42.0 Å². The Kier molecular flexibility index (Phi) is 8.98. The first-order valence-electron chi connectivity index (χ1n) is 12.1. The van der Waals surface area contributed by atoms with E-state index >= 15 is 0 Å². The van der Waals surface area contributed by atoms with Gasteiger partial charge in [-0.2, -0.15) is 0 Å². The maximum absolute atomic E-state index is 13.3. The number of hydrogen-bond donors (Lipinski definition) is 1. The number of nitrogens with zero attached hydrogens (tertiary/aromatic N) is 1. The molecule has 0 bridgehead atoms. The number of likely N-dealkylation sites (tertiary alicyclic amines) is 1. The number of carbonyl (C=O) groups is 2. The van der Waals surface area contributed by atoms with Crippen molar-refractivity contribution in [3.05, 3.63) is 58.7 Å². The summed E-state index contributed by atoms with van der Waals surface area (Å²) in [6, 6.07) is 9.60. The summed E-state index contributed by atoms with van der Waals surface area (Å²) in [5, 5.41) is 11.3. The normalized spacial score (nSPS) is 17.1. The molecule has 1 atom stereocenters. The number of aliphatic hydroxyl groups is 1. The van der Waals surface area contributed by atoms with Crippen molar-refractivity contribution in [2.45, 2.75) is 46.3 Å². The van der Waals surface area contributed by atoms with E-state index in [1.807, 2.05) is 27.7 Å².